The predicted molar refractivity (Wildman–Crippen MR) is 83.9 cm³/mol. The Balaban J connectivity index is 1.82. The lowest BCUT2D eigenvalue weighted by Crippen LogP contribution is -2.18. The van der Waals surface area contributed by atoms with Crippen molar-refractivity contribution >= 4 is 11.7 Å². The Kier molecular flexibility index (Phi) is 4.11. The van der Waals surface area contributed by atoms with Crippen LogP contribution in [0.2, 0.25) is 0 Å². The lowest BCUT2D eigenvalue weighted by molar-refractivity contribution is -0.115. The van der Waals surface area contributed by atoms with Crippen molar-refractivity contribution < 1.29 is 9.32 Å². The zero-order chi connectivity index (χ0) is 16.4. The molecule has 1 aliphatic carbocycles. The Bertz CT molecular complexity index is 782. The van der Waals surface area contributed by atoms with Crippen molar-refractivity contribution in [3.63, 3.8) is 0 Å². The largest absolute Gasteiger partial charge is 0.361 e. The van der Waals surface area contributed by atoms with Gasteiger partial charge in [0.2, 0.25) is 5.91 Å². The van der Waals surface area contributed by atoms with E-state index >= 15 is 0 Å². The second-order valence-corrected chi connectivity index (χ2v) is 5.84. The summed E-state index contributed by atoms with van der Waals surface area (Å²) >= 11 is 0. The van der Waals surface area contributed by atoms with Gasteiger partial charge in [-0.3, -0.25) is 4.79 Å². The van der Waals surface area contributed by atoms with Gasteiger partial charge in [0.25, 0.3) is 0 Å². The molecule has 0 saturated carbocycles. The summed E-state index contributed by atoms with van der Waals surface area (Å²) in [4.78, 5) is 16.8. The number of amides is 1. The molecular formula is C17H18N4O2. The van der Waals surface area contributed by atoms with Crippen molar-refractivity contribution in [3.05, 3.63) is 39.9 Å². The van der Waals surface area contributed by atoms with E-state index in [0.29, 0.717) is 22.8 Å². The highest BCUT2D eigenvalue weighted by molar-refractivity contribution is 5.92. The number of carbonyl (C=O) groups excluding carboxylic acids is 1. The molecule has 0 radical (unpaired) electrons. The first-order chi connectivity index (χ1) is 11.1. The van der Waals surface area contributed by atoms with Gasteiger partial charge in [0.05, 0.1) is 17.7 Å². The molecule has 118 valence electrons. The van der Waals surface area contributed by atoms with Gasteiger partial charge in [0.15, 0.2) is 5.82 Å². The van der Waals surface area contributed by atoms with E-state index in [1.807, 2.05) is 6.07 Å². The third kappa shape index (κ3) is 3.09. The van der Waals surface area contributed by atoms with E-state index < -0.39 is 0 Å². The van der Waals surface area contributed by atoms with Crippen LogP contribution >= 0.6 is 0 Å². The summed E-state index contributed by atoms with van der Waals surface area (Å²) in [6.07, 6.45) is 4.22. The van der Waals surface area contributed by atoms with E-state index in [4.69, 9.17) is 4.52 Å². The number of fused-ring (bicyclic) bond motifs is 1. The number of pyridine rings is 1. The Hall–Kier alpha value is -2.68. The van der Waals surface area contributed by atoms with Crippen molar-refractivity contribution in [2.75, 3.05) is 5.32 Å². The minimum Gasteiger partial charge on any atom is -0.361 e. The van der Waals surface area contributed by atoms with Crippen molar-refractivity contribution in [3.8, 4) is 6.07 Å². The maximum atomic E-state index is 12.3. The minimum atomic E-state index is -0.223. The average Bonchev–Trinajstić information content (AvgIpc) is 2.86. The molecule has 0 saturated heterocycles. The monoisotopic (exact) mass is 310 g/mol. The molecule has 2 aromatic rings. The van der Waals surface area contributed by atoms with E-state index in [2.05, 4.69) is 21.5 Å². The number of hydrogen-bond donors (Lipinski definition) is 1. The van der Waals surface area contributed by atoms with Crippen LogP contribution in [0, 0.1) is 25.2 Å². The average molecular weight is 310 g/mol. The van der Waals surface area contributed by atoms with Gasteiger partial charge in [-0.05, 0) is 51.2 Å². The lowest BCUT2D eigenvalue weighted by Gasteiger charge is -2.17. The maximum Gasteiger partial charge on any atom is 0.230 e. The SMILES string of the molecule is Cc1noc(C)c1CC(=O)Nc1nc2c(cc1C#N)CCCC2. The second-order valence-electron chi connectivity index (χ2n) is 5.84. The minimum absolute atomic E-state index is 0.158. The Morgan fingerprint density at radius 1 is 1.39 bits per heavy atom. The van der Waals surface area contributed by atoms with Crippen LogP contribution in [0.5, 0.6) is 0 Å². The summed E-state index contributed by atoms with van der Waals surface area (Å²) in [5, 5.41) is 15.9. The third-order valence-corrected chi connectivity index (χ3v) is 4.20. The number of nitrogens with zero attached hydrogens (tertiary/aromatic N) is 3. The van der Waals surface area contributed by atoms with Crippen LogP contribution in [0.25, 0.3) is 0 Å². The highest BCUT2D eigenvalue weighted by Crippen LogP contribution is 2.24. The van der Waals surface area contributed by atoms with Crippen LogP contribution in [0.15, 0.2) is 10.6 Å². The van der Waals surface area contributed by atoms with Gasteiger partial charge in [-0.1, -0.05) is 5.16 Å². The van der Waals surface area contributed by atoms with Gasteiger partial charge >= 0.3 is 0 Å². The number of carbonyl (C=O) groups is 1. The van der Waals surface area contributed by atoms with Crippen LogP contribution in [0.3, 0.4) is 0 Å². The number of aromatic nitrogens is 2. The predicted octanol–water partition coefficient (Wildman–Crippen LogP) is 2.62. The van der Waals surface area contributed by atoms with Crippen LogP contribution in [0.4, 0.5) is 5.82 Å². The molecule has 1 N–H and O–H groups in total. The van der Waals surface area contributed by atoms with Crippen molar-refractivity contribution in [2.24, 2.45) is 0 Å². The molecule has 6 nitrogen and oxygen atoms in total. The highest BCUT2D eigenvalue weighted by atomic mass is 16.5. The Morgan fingerprint density at radius 3 is 2.87 bits per heavy atom. The zero-order valence-corrected chi connectivity index (χ0v) is 13.3. The van der Waals surface area contributed by atoms with Crippen LogP contribution in [0.1, 0.15) is 46.7 Å². The van der Waals surface area contributed by atoms with E-state index in [1.54, 1.807) is 13.8 Å². The van der Waals surface area contributed by atoms with Gasteiger partial charge in [0, 0.05) is 11.3 Å². The maximum absolute atomic E-state index is 12.3. The molecule has 0 unspecified atom stereocenters. The van der Waals surface area contributed by atoms with Gasteiger partial charge < -0.3 is 9.84 Å². The van der Waals surface area contributed by atoms with Crippen LogP contribution in [-0.4, -0.2) is 16.0 Å². The lowest BCUT2D eigenvalue weighted by atomic mass is 9.95. The molecule has 0 atom stereocenters. The van der Waals surface area contributed by atoms with Gasteiger partial charge in [-0.2, -0.15) is 5.26 Å². The molecule has 0 spiro atoms. The number of nitriles is 1. The molecule has 1 amide bonds. The fourth-order valence-electron chi connectivity index (χ4n) is 2.91. The molecule has 0 bridgehead atoms. The third-order valence-electron chi connectivity index (χ3n) is 4.20. The van der Waals surface area contributed by atoms with E-state index in [0.717, 1.165) is 42.5 Å². The molecule has 3 rings (SSSR count). The number of hydrogen-bond acceptors (Lipinski definition) is 5. The molecule has 0 aliphatic heterocycles. The summed E-state index contributed by atoms with van der Waals surface area (Å²) in [6.45, 7) is 3.58. The quantitative estimate of drug-likeness (QED) is 0.940. The second kappa shape index (κ2) is 6.21. The zero-order valence-electron chi connectivity index (χ0n) is 13.3. The van der Waals surface area contributed by atoms with E-state index in [-0.39, 0.29) is 12.3 Å². The Morgan fingerprint density at radius 2 is 2.17 bits per heavy atom. The number of rotatable bonds is 3. The van der Waals surface area contributed by atoms with Crippen molar-refractivity contribution in [1.29, 1.82) is 5.26 Å². The molecular weight excluding hydrogens is 292 g/mol. The standard InChI is InChI=1S/C17H18N4O2/c1-10-14(11(2)23-21-10)8-16(22)20-17-13(9-18)7-12-5-3-4-6-15(12)19-17/h7H,3-6,8H2,1-2H3,(H,19,20,22). The first kappa shape index (κ1) is 15.2. The number of nitrogens with one attached hydrogen (secondary N) is 1. The van der Waals surface area contributed by atoms with Gasteiger partial charge in [-0.25, -0.2) is 4.98 Å². The molecule has 1 aliphatic rings. The van der Waals surface area contributed by atoms with Gasteiger partial charge in [-0.15, -0.1) is 0 Å². The normalized spacial score (nSPS) is 13.3. The highest BCUT2D eigenvalue weighted by Gasteiger charge is 2.18. The summed E-state index contributed by atoms with van der Waals surface area (Å²) in [5.74, 6) is 0.764. The first-order valence-electron chi connectivity index (χ1n) is 7.73. The number of aryl methyl sites for hydroxylation is 4. The molecule has 2 heterocycles. The summed E-state index contributed by atoms with van der Waals surface area (Å²) in [6, 6.07) is 3.98. The van der Waals surface area contributed by atoms with Crippen LogP contribution < -0.4 is 5.32 Å². The van der Waals surface area contributed by atoms with E-state index in [1.165, 1.54) is 0 Å². The molecule has 0 aromatic carbocycles. The summed E-state index contributed by atoms with van der Waals surface area (Å²) < 4.78 is 5.07. The van der Waals surface area contributed by atoms with Crippen molar-refractivity contribution in [1.82, 2.24) is 10.1 Å². The topological polar surface area (TPSA) is 91.8 Å². The first-order valence-corrected chi connectivity index (χ1v) is 7.73. The molecule has 0 fully saturated rings. The summed E-state index contributed by atoms with van der Waals surface area (Å²) in [7, 11) is 0. The number of anilines is 1. The smallest absolute Gasteiger partial charge is 0.230 e. The van der Waals surface area contributed by atoms with Gasteiger partial charge in [0.1, 0.15) is 11.8 Å². The molecule has 6 heteroatoms. The molecule has 2 aromatic heterocycles. The summed E-state index contributed by atoms with van der Waals surface area (Å²) in [5.41, 5.74) is 4.01. The van der Waals surface area contributed by atoms with Crippen molar-refractivity contribution in [2.45, 2.75) is 46.0 Å². The van der Waals surface area contributed by atoms with Crippen LogP contribution in [-0.2, 0) is 24.1 Å². The molecule has 23 heavy (non-hydrogen) atoms. The van der Waals surface area contributed by atoms with E-state index in [9.17, 15) is 10.1 Å². The fraction of sp³-hybridized carbons (Fsp3) is 0.412. The Labute approximate surface area is 134 Å². The fourth-order valence-corrected chi connectivity index (χ4v) is 2.91.